The van der Waals surface area contributed by atoms with Crippen LogP contribution in [0.4, 0.5) is 0 Å². The summed E-state index contributed by atoms with van der Waals surface area (Å²) in [7, 11) is 1.58. The summed E-state index contributed by atoms with van der Waals surface area (Å²) in [5.41, 5.74) is -0.469. The van der Waals surface area contributed by atoms with Crippen LogP contribution in [0.3, 0.4) is 0 Å². The van der Waals surface area contributed by atoms with Gasteiger partial charge in [0.25, 0.3) is 0 Å². The molecule has 3 unspecified atom stereocenters. The topological polar surface area (TPSA) is 296 Å². The number of hydrogen-bond donors (Lipinski definition) is 8. The molecule has 8 N–H and O–H groups in total. The van der Waals surface area contributed by atoms with Crippen molar-refractivity contribution in [3.63, 3.8) is 0 Å². The summed E-state index contributed by atoms with van der Waals surface area (Å²) in [5.74, 6) is -9.98. The van der Waals surface area contributed by atoms with E-state index in [1.807, 2.05) is 12.2 Å². The van der Waals surface area contributed by atoms with Crippen molar-refractivity contribution in [3.8, 4) is 0 Å². The maximum absolute atomic E-state index is 14.4. The Morgan fingerprint density at radius 3 is 2.20 bits per heavy atom. The van der Waals surface area contributed by atoms with E-state index in [0.717, 1.165) is 0 Å². The third-order valence-electron chi connectivity index (χ3n) is 18.0. The predicted octanol–water partition coefficient (Wildman–Crippen LogP) is 5.34. The molecule has 7 rings (SSSR count). The molecule has 7 heterocycles. The second-order valence-corrected chi connectivity index (χ2v) is 25.8. The second kappa shape index (κ2) is 27.8. The highest BCUT2D eigenvalue weighted by Crippen LogP contribution is 2.48. The highest BCUT2D eigenvalue weighted by molar-refractivity contribution is 6.30. The van der Waals surface area contributed by atoms with Crippen LogP contribution in [0.5, 0.6) is 0 Å². The quantitative estimate of drug-likeness (QED) is 0.0864. The van der Waals surface area contributed by atoms with Crippen molar-refractivity contribution in [2.45, 2.75) is 271 Å². The molecule has 24 atom stereocenters. The molecule has 0 saturated carbocycles. The molecule has 6 saturated heterocycles. The zero-order valence-corrected chi connectivity index (χ0v) is 49.6. The minimum atomic E-state index is -2.40. The fourth-order valence-electron chi connectivity index (χ4n) is 13.8. The zero-order valence-electron chi connectivity index (χ0n) is 48.9. The van der Waals surface area contributed by atoms with Crippen LogP contribution in [0.25, 0.3) is 0 Å². The summed E-state index contributed by atoms with van der Waals surface area (Å²) in [4.78, 5) is 41.0. The van der Waals surface area contributed by atoms with Gasteiger partial charge in [-0.3, -0.25) is 14.4 Å². The minimum Gasteiger partial charge on any atom is -0.462 e. The van der Waals surface area contributed by atoms with E-state index in [1.54, 1.807) is 41.7 Å². The Balaban J connectivity index is 1.20. The van der Waals surface area contributed by atoms with Gasteiger partial charge in [0.2, 0.25) is 0 Å². The average molecular weight is 1180 g/mol. The number of Topliss-reactive ketones (excluding diaryl/α,β-unsaturated/α-hetero) is 1. The molecule has 0 aromatic heterocycles. The number of fused-ring (bicyclic) bond motifs is 8. The van der Waals surface area contributed by atoms with Crippen LogP contribution in [-0.4, -0.2) is 186 Å². The van der Waals surface area contributed by atoms with Crippen molar-refractivity contribution in [3.05, 3.63) is 60.2 Å². The van der Waals surface area contributed by atoms with Gasteiger partial charge >= 0.3 is 11.9 Å². The number of esters is 2. The molecule has 0 aromatic rings. The van der Waals surface area contributed by atoms with Gasteiger partial charge in [-0.1, -0.05) is 88.4 Å². The van der Waals surface area contributed by atoms with Gasteiger partial charge in [-0.2, -0.15) is 0 Å². The maximum atomic E-state index is 14.4. The number of halogens is 1. The Kier molecular flexibility index (Phi) is 22.5. The summed E-state index contributed by atoms with van der Waals surface area (Å²) < 4.78 is 57.2. The fourth-order valence-corrected chi connectivity index (χ4v) is 13.8. The molecule has 2 spiro atoms. The molecule has 0 aliphatic carbocycles. The largest absolute Gasteiger partial charge is 0.462 e. The molecule has 10 bridgehead atoms. The first-order chi connectivity index (χ1) is 38.4. The number of aliphatic hydroxyl groups excluding tert-OH is 6. The minimum absolute atomic E-state index is 0.00389. The molecule has 0 aromatic carbocycles. The van der Waals surface area contributed by atoms with E-state index >= 15 is 0 Å². The number of hydrogen-bond acceptors (Lipinski definition) is 20. The van der Waals surface area contributed by atoms with Crippen molar-refractivity contribution in [2.75, 3.05) is 7.11 Å². The van der Waals surface area contributed by atoms with Crippen LogP contribution < -0.4 is 0 Å². The lowest BCUT2D eigenvalue weighted by atomic mass is 9.78. The molecule has 0 radical (unpaired) electrons. The Hall–Kier alpha value is -3.00. The first-order valence-corrected chi connectivity index (χ1v) is 29.8. The number of aliphatic hydroxyl groups is 8. The molecule has 6 fully saturated rings. The first-order valence-electron chi connectivity index (χ1n) is 29.4. The van der Waals surface area contributed by atoms with E-state index in [2.05, 4.69) is 19.7 Å². The summed E-state index contributed by atoms with van der Waals surface area (Å²) in [6.45, 7) is 21.7. The summed E-state index contributed by atoms with van der Waals surface area (Å²) in [6, 6.07) is 0. The van der Waals surface area contributed by atoms with Gasteiger partial charge in [0.05, 0.1) is 85.3 Å². The fraction of sp³-hybridized carbons (Fsp3) is 0.787. The van der Waals surface area contributed by atoms with Gasteiger partial charge in [-0.15, -0.1) is 0 Å². The van der Waals surface area contributed by atoms with Crippen LogP contribution in [0.1, 0.15) is 151 Å². The predicted molar refractivity (Wildman–Crippen MR) is 298 cm³/mol. The van der Waals surface area contributed by atoms with Gasteiger partial charge in [0.1, 0.15) is 30.2 Å². The second-order valence-electron chi connectivity index (χ2n) is 25.4. The molecule has 21 heteroatoms. The SMILES string of the molecule is C=C(Cl)/C=C/C(O)CC(=C)C[C@H]1O[C@@H]2[C@H](C)[C@@H](OC(=O)C[C@H]3C[C@H](OC(C)=O)C[C@@]4(C[C@@](C)(O)C[C@H](CC(=C)[C@@H](C)C(O)C(C)C(=O)C[C@H]5C[C@@H](OC)C[C@]6(C[C@H](O)C[C@@H](/C=C\CCC[C@@H]7O[C@@](O)(C[C@@H](O)[C@@H]7C)[C@H]2O)O6)O5)O4)O3)[C@@H]1O. The Labute approximate surface area is 487 Å². The molecule has 0 amide bonds. The Morgan fingerprint density at radius 2 is 1.50 bits per heavy atom. The molecule has 464 valence electrons. The number of ketones is 1. The van der Waals surface area contributed by atoms with Crippen molar-refractivity contribution in [1.29, 1.82) is 0 Å². The number of ether oxygens (including phenoxy) is 9. The number of carbonyl (C=O) groups is 3. The third-order valence-corrected chi connectivity index (χ3v) is 18.2. The third kappa shape index (κ3) is 16.9. The number of carbonyl (C=O) groups excluding carboxylic acids is 3. The monoisotopic (exact) mass is 1180 g/mol. The molecule has 20 nitrogen and oxygen atoms in total. The standard InChI is InChI=1S/C61H93ClO20/c1-32(18-40(64)17-16-34(3)62)19-51-54(70)55-38(7)56(76-51)57(71)61(73)30-49(67)36(5)50(82-61)15-13-11-12-14-42-21-41(65)26-59(78-42)28-45(74-10)22-43(79-59)24-48(66)37(6)53(69)35(4)33(2)20-47-27-58(9,72)31-60(81-47)29-46(75-39(8)63)23-44(80-60)25-52(68)77-55/h12,14,16-17,35-38,40-47,49-51,53-57,64-65,67,69-73H,1-3,11,13,15,18-31H2,4-10H3/b14-12-,17-16+/t35-,36+,37?,38-,40?,41-,42-,43-,44-,45-,46+,47+,49-,50+,51-,53?,54-,55-,56-,57+,58+,59+,60-,61+/m1/s1. The van der Waals surface area contributed by atoms with Gasteiger partial charge in [0.15, 0.2) is 17.4 Å². The molecule has 7 aliphatic heterocycles. The van der Waals surface area contributed by atoms with Crippen LogP contribution in [0, 0.1) is 23.7 Å². The average Bonchev–Trinajstić information content (AvgIpc) is 1.80. The summed E-state index contributed by atoms with van der Waals surface area (Å²) in [5, 5.41) is 94.1. The number of allylic oxidation sites excluding steroid dienone is 3. The van der Waals surface area contributed by atoms with Crippen LogP contribution >= 0.6 is 11.6 Å². The maximum Gasteiger partial charge on any atom is 0.308 e. The van der Waals surface area contributed by atoms with Crippen LogP contribution in [-0.2, 0) is 57.0 Å². The smallest absolute Gasteiger partial charge is 0.308 e. The molecule has 82 heavy (non-hydrogen) atoms. The van der Waals surface area contributed by atoms with E-state index in [1.165, 1.54) is 19.1 Å². The molecule has 7 aliphatic rings. The lowest BCUT2D eigenvalue weighted by Crippen LogP contribution is -2.65. The van der Waals surface area contributed by atoms with Gasteiger partial charge < -0.3 is 83.5 Å². The lowest BCUT2D eigenvalue weighted by molar-refractivity contribution is -0.351. The number of methoxy groups -OCH3 is 1. The normalized spacial score (nSPS) is 45.8. The van der Waals surface area contributed by atoms with E-state index in [-0.39, 0.29) is 74.7 Å². The van der Waals surface area contributed by atoms with Crippen molar-refractivity contribution >= 4 is 29.3 Å². The highest BCUT2D eigenvalue weighted by atomic mass is 35.5. The Bertz CT molecular complexity index is 2310. The molecular weight excluding hydrogens is 1090 g/mol. The first kappa shape index (κ1) is 66.5. The van der Waals surface area contributed by atoms with Crippen molar-refractivity contribution < 1.29 is 97.9 Å². The van der Waals surface area contributed by atoms with Gasteiger partial charge in [0, 0.05) is 107 Å². The van der Waals surface area contributed by atoms with E-state index in [4.69, 9.17) is 54.2 Å². The van der Waals surface area contributed by atoms with Gasteiger partial charge in [-0.05, 0) is 51.5 Å². The highest BCUT2D eigenvalue weighted by Gasteiger charge is 2.58. The summed E-state index contributed by atoms with van der Waals surface area (Å²) >= 11 is 5.88. The number of rotatable bonds is 8. The van der Waals surface area contributed by atoms with Crippen LogP contribution in [0.2, 0.25) is 0 Å². The van der Waals surface area contributed by atoms with E-state index in [9.17, 15) is 55.2 Å². The van der Waals surface area contributed by atoms with Crippen LogP contribution in [0.15, 0.2) is 60.2 Å². The zero-order chi connectivity index (χ0) is 60.2. The Morgan fingerprint density at radius 1 is 0.829 bits per heavy atom. The van der Waals surface area contributed by atoms with Crippen molar-refractivity contribution in [1.82, 2.24) is 0 Å². The lowest BCUT2D eigenvalue weighted by Gasteiger charge is -2.52. The van der Waals surface area contributed by atoms with Crippen molar-refractivity contribution in [2.24, 2.45) is 23.7 Å². The molecular formula is C61H93ClO20. The van der Waals surface area contributed by atoms with Gasteiger partial charge in [-0.25, -0.2) is 0 Å². The summed E-state index contributed by atoms with van der Waals surface area (Å²) in [6.07, 6.45) is -8.29. The van der Waals surface area contributed by atoms with E-state index in [0.29, 0.717) is 49.7 Å². The van der Waals surface area contributed by atoms with E-state index < -0.39 is 163 Å².